The number of sulfonamides is 1. The van der Waals surface area contributed by atoms with E-state index in [-0.39, 0.29) is 4.21 Å². The van der Waals surface area contributed by atoms with E-state index in [2.05, 4.69) is 0 Å². The van der Waals surface area contributed by atoms with Gasteiger partial charge in [0.25, 0.3) is 10.0 Å². The van der Waals surface area contributed by atoms with Crippen molar-refractivity contribution in [1.82, 2.24) is 4.31 Å². The standard InChI is InChI=1S/C11H14N2O2S3/c1-8-6-13(7-9(2)16-8)18(14,15)11-4-3-10(5-12)17-11/h3-4,8-9H,6-7H2,1-2H3. The first-order chi connectivity index (χ1) is 8.43. The molecule has 98 valence electrons. The maximum Gasteiger partial charge on any atom is 0.252 e. The molecular formula is C11H14N2O2S3. The number of nitrogens with zero attached hydrogens (tertiary/aromatic N) is 2. The first kappa shape index (κ1) is 13.9. The molecule has 0 saturated carbocycles. The molecule has 1 fully saturated rings. The highest BCUT2D eigenvalue weighted by atomic mass is 32.2. The summed E-state index contributed by atoms with van der Waals surface area (Å²) < 4.78 is 26.7. The fraction of sp³-hybridized carbons (Fsp3) is 0.545. The highest BCUT2D eigenvalue weighted by molar-refractivity contribution is 8.00. The molecule has 2 heterocycles. The maximum atomic E-state index is 12.4. The van der Waals surface area contributed by atoms with Crippen molar-refractivity contribution in [3.63, 3.8) is 0 Å². The minimum atomic E-state index is -3.43. The molecule has 0 aliphatic carbocycles. The maximum absolute atomic E-state index is 12.4. The van der Waals surface area contributed by atoms with Gasteiger partial charge in [0.05, 0.1) is 0 Å². The van der Waals surface area contributed by atoms with Crippen LogP contribution in [-0.4, -0.2) is 36.3 Å². The number of hydrogen-bond acceptors (Lipinski definition) is 5. The van der Waals surface area contributed by atoms with Crippen LogP contribution in [0.25, 0.3) is 0 Å². The molecule has 1 aliphatic heterocycles. The number of nitriles is 1. The van der Waals surface area contributed by atoms with Crippen molar-refractivity contribution in [1.29, 1.82) is 5.26 Å². The molecule has 2 rings (SSSR count). The van der Waals surface area contributed by atoms with Gasteiger partial charge in [-0.2, -0.15) is 21.3 Å². The van der Waals surface area contributed by atoms with Gasteiger partial charge < -0.3 is 0 Å². The highest BCUT2D eigenvalue weighted by Crippen LogP contribution is 2.31. The Labute approximate surface area is 116 Å². The van der Waals surface area contributed by atoms with Crippen molar-refractivity contribution in [3.8, 4) is 6.07 Å². The predicted octanol–water partition coefficient (Wildman–Crippen LogP) is 2.13. The third kappa shape index (κ3) is 2.72. The molecule has 1 aromatic heterocycles. The van der Waals surface area contributed by atoms with Crippen LogP contribution < -0.4 is 0 Å². The van der Waals surface area contributed by atoms with Crippen molar-refractivity contribution in [2.45, 2.75) is 28.6 Å². The van der Waals surface area contributed by atoms with Gasteiger partial charge in [0, 0.05) is 23.6 Å². The van der Waals surface area contributed by atoms with Crippen LogP contribution in [0.15, 0.2) is 16.3 Å². The first-order valence-corrected chi connectivity index (χ1v) is 8.79. The Morgan fingerprint density at radius 2 is 1.94 bits per heavy atom. The number of rotatable bonds is 2. The van der Waals surface area contributed by atoms with Crippen LogP contribution in [0, 0.1) is 11.3 Å². The van der Waals surface area contributed by atoms with Gasteiger partial charge in [0.2, 0.25) is 0 Å². The topological polar surface area (TPSA) is 61.2 Å². The Balaban J connectivity index is 2.28. The van der Waals surface area contributed by atoms with Gasteiger partial charge in [-0.3, -0.25) is 0 Å². The molecule has 7 heteroatoms. The summed E-state index contributed by atoms with van der Waals surface area (Å²) in [6.07, 6.45) is 0. The summed E-state index contributed by atoms with van der Waals surface area (Å²) in [4.78, 5) is 0.432. The van der Waals surface area contributed by atoms with E-state index >= 15 is 0 Å². The Morgan fingerprint density at radius 1 is 1.33 bits per heavy atom. The minimum Gasteiger partial charge on any atom is -0.206 e. The summed E-state index contributed by atoms with van der Waals surface area (Å²) in [5, 5.41) is 9.37. The molecule has 1 saturated heterocycles. The molecule has 0 radical (unpaired) electrons. The summed E-state index contributed by atoms with van der Waals surface area (Å²) in [5.74, 6) is 0. The molecule has 1 aliphatic rings. The van der Waals surface area contributed by atoms with Gasteiger partial charge in [0.1, 0.15) is 15.2 Å². The molecule has 0 amide bonds. The summed E-state index contributed by atoms with van der Waals surface area (Å²) in [5.41, 5.74) is 0. The molecule has 0 N–H and O–H groups in total. The van der Waals surface area contributed by atoms with Gasteiger partial charge in [-0.05, 0) is 12.1 Å². The largest absolute Gasteiger partial charge is 0.252 e. The van der Waals surface area contributed by atoms with E-state index in [1.54, 1.807) is 6.07 Å². The van der Waals surface area contributed by atoms with E-state index in [0.29, 0.717) is 28.5 Å². The summed E-state index contributed by atoms with van der Waals surface area (Å²) in [7, 11) is -3.43. The lowest BCUT2D eigenvalue weighted by molar-refractivity contribution is 0.406. The zero-order chi connectivity index (χ0) is 13.3. The molecule has 4 nitrogen and oxygen atoms in total. The Bertz CT molecular complexity index is 563. The second-order valence-corrected chi connectivity index (χ2v) is 9.44. The second kappa shape index (κ2) is 5.21. The van der Waals surface area contributed by atoms with Crippen molar-refractivity contribution in [3.05, 3.63) is 17.0 Å². The highest BCUT2D eigenvalue weighted by Gasteiger charge is 2.32. The van der Waals surface area contributed by atoms with Crippen LogP contribution in [0.4, 0.5) is 0 Å². The van der Waals surface area contributed by atoms with Crippen LogP contribution >= 0.6 is 23.1 Å². The summed E-state index contributed by atoms with van der Waals surface area (Å²) in [6, 6.07) is 5.05. The summed E-state index contributed by atoms with van der Waals surface area (Å²) >= 11 is 2.85. The SMILES string of the molecule is CC1CN(S(=O)(=O)c2ccc(C#N)s2)CC(C)S1. The molecule has 0 aromatic carbocycles. The van der Waals surface area contributed by atoms with E-state index in [1.165, 1.54) is 10.4 Å². The van der Waals surface area contributed by atoms with Gasteiger partial charge in [-0.1, -0.05) is 13.8 Å². The molecule has 18 heavy (non-hydrogen) atoms. The molecule has 1 aromatic rings. The smallest absolute Gasteiger partial charge is 0.206 e. The van der Waals surface area contributed by atoms with E-state index in [0.717, 1.165) is 11.3 Å². The molecule has 0 spiro atoms. The normalized spacial score (nSPS) is 25.8. The number of thioether (sulfide) groups is 1. The average Bonchev–Trinajstić information content (AvgIpc) is 2.76. The van der Waals surface area contributed by atoms with Crippen LogP contribution in [0.1, 0.15) is 18.7 Å². The van der Waals surface area contributed by atoms with E-state index in [1.807, 2.05) is 31.7 Å². The van der Waals surface area contributed by atoms with Crippen LogP contribution in [0.2, 0.25) is 0 Å². The summed E-state index contributed by atoms with van der Waals surface area (Å²) in [6.45, 7) is 5.16. The Morgan fingerprint density at radius 3 is 2.44 bits per heavy atom. The zero-order valence-electron chi connectivity index (χ0n) is 10.2. The molecular weight excluding hydrogens is 288 g/mol. The van der Waals surface area contributed by atoms with Crippen LogP contribution in [-0.2, 0) is 10.0 Å². The van der Waals surface area contributed by atoms with Gasteiger partial charge in [0.15, 0.2) is 0 Å². The Hall–Kier alpha value is -0.550. The van der Waals surface area contributed by atoms with Gasteiger partial charge in [-0.15, -0.1) is 11.3 Å². The fourth-order valence-electron chi connectivity index (χ4n) is 1.97. The van der Waals surface area contributed by atoms with Crippen LogP contribution in [0.3, 0.4) is 0 Å². The lowest BCUT2D eigenvalue weighted by Gasteiger charge is -2.33. The van der Waals surface area contributed by atoms with Gasteiger partial charge >= 0.3 is 0 Å². The van der Waals surface area contributed by atoms with Crippen molar-refractivity contribution < 1.29 is 8.42 Å². The number of hydrogen-bond donors (Lipinski definition) is 0. The van der Waals surface area contributed by atoms with Crippen molar-refractivity contribution in [2.75, 3.05) is 13.1 Å². The second-order valence-electron chi connectivity index (χ2n) is 4.31. The first-order valence-electron chi connectivity index (χ1n) is 5.59. The number of thiophene rings is 1. The molecule has 0 bridgehead atoms. The van der Waals surface area contributed by atoms with E-state index in [9.17, 15) is 8.42 Å². The quantitative estimate of drug-likeness (QED) is 0.839. The third-order valence-electron chi connectivity index (χ3n) is 2.67. The van der Waals surface area contributed by atoms with E-state index in [4.69, 9.17) is 5.26 Å². The van der Waals surface area contributed by atoms with E-state index < -0.39 is 10.0 Å². The van der Waals surface area contributed by atoms with Crippen LogP contribution in [0.5, 0.6) is 0 Å². The molecule has 2 unspecified atom stereocenters. The van der Waals surface area contributed by atoms with Crippen molar-refractivity contribution in [2.24, 2.45) is 0 Å². The fourth-order valence-corrected chi connectivity index (χ4v) is 6.36. The Kier molecular flexibility index (Phi) is 4.02. The van der Waals surface area contributed by atoms with Gasteiger partial charge in [-0.25, -0.2) is 8.42 Å². The predicted molar refractivity (Wildman–Crippen MR) is 74.3 cm³/mol. The lowest BCUT2D eigenvalue weighted by atomic mass is 10.4. The zero-order valence-corrected chi connectivity index (χ0v) is 12.6. The lowest BCUT2D eigenvalue weighted by Crippen LogP contribution is -2.43. The molecule has 2 atom stereocenters. The average molecular weight is 302 g/mol. The minimum absolute atomic E-state index is 0.269. The monoisotopic (exact) mass is 302 g/mol. The van der Waals surface area contributed by atoms with Crippen molar-refractivity contribution >= 4 is 33.1 Å². The third-order valence-corrected chi connectivity index (χ3v) is 7.19.